The van der Waals surface area contributed by atoms with E-state index in [1.165, 1.54) is 12.5 Å². The molecule has 2 N–H and O–H groups in total. The summed E-state index contributed by atoms with van der Waals surface area (Å²) in [5.74, 6) is -0.591. The van der Waals surface area contributed by atoms with Gasteiger partial charge in [-0.05, 0) is 31.9 Å². The van der Waals surface area contributed by atoms with Crippen LogP contribution in [-0.2, 0) is 0 Å². The first-order chi connectivity index (χ1) is 10.1. The quantitative estimate of drug-likeness (QED) is 0.665. The maximum Gasteiger partial charge on any atom is 0.253 e. The molecule has 0 spiro atoms. The Hall–Kier alpha value is -1.58. The van der Waals surface area contributed by atoms with Crippen LogP contribution in [0.3, 0.4) is 0 Å². The molecule has 0 bridgehead atoms. The van der Waals surface area contributed by atoms with E-state index in [4.69, 9.17) is 0 Å². The SMILES string of the molecule is CCCCCC(C)NC(=O)c1cccc(F)c1NCCC. The average molecular weight is 294 g/mol. The van der Waals surface area contributed by atoms with Crippen LogP contribution in [0.5, 0.6) is 0 Å². The number of carbonyl (C=O) groups is 1. The first-order valence-corrected chi connectivity index (χ1v) is 7.93. The van der Waals surface area contributed by atoms with Crippen molar-refractivity contribution in [1.82, 2.24) is 5.32 Å². The van der Waals surface area contributed by atoms with Crippen molar-refractivity contribution < 1.29 is 9.18 Å². The lowest BCUT2D eigenvalue weighted by atomic mass is 10.1. The highest BCUT2D eigenvalue weighted by molar-refractivity contribution is 5.99. The second-order valence-corrected chi connectivity index (χ2v) is 5.46. The normalized spacial score (nSPS) is 12.0. The first kappa shape index (κ1) is 17.5. The fourth-order valence-corrected chi connectivity index (χ4v) is 2.22. The van der Waals surface area contributed by atoms with Gasteiger partial charge in [0.2, 0.25) is 0 Å². The topological polar surface area (TPSA) is 41.1 Å². The molecule has 0 radical (unpaired) electrons. The summed E-state index contributed by atoms with van der Waals surface area (Å²) in [4.78, 5) is 12.3. The maximum atomic E-state index is 13.9. The van der Waals surface area contributed by atoms with Crippen molar-refractivity contribution in [2.75, 3.05) is 11.9 Å². The van der Waals surface area contributed by atoms with Gasteiger partial charge in [0.1, 0.15) is 5.82 Å². The number of hydrogen-bond acceptors (Lipinski definition) is 2. The molecule has 0 heterocycles. The van der Waals surface area contributed by atoms with E-state index in [1.807, 2.05) is 13.8 Å². The van der Waals surface area contributed by atoms with E-state index in [0.29, 0.717) is 17.8 Å². The summed E-state index contributed by atoms with van der Waals surface area (Å²) in [6, 6.07) is 4.71. The van der Waals surface area contributed by atoms with Gasteiger partial charge < -0.3 is 10.6 Å². The summed E-state index contributed by atoms with van der Waals surface area (Å²) in [6.45, 7) is 6.80. The highest BCUT2D eigenvalue weighted by Gasteiger charge is 2.16. The second-order valence-electron chi connectivity index (χ2n) is 5.46. The van der Waals surface area contributed by atoms with Crippen molar-refractivity contribution in [3.8, 4) is 0 Å². The molecule has 118 valence electrons. The van der Waals surface area contributed by atoms with Crippen molar-refractivity contribution in [2.24, 2.45) is 0 Å². The van der Waals surface area contributed by atoms with Gasteiger partial charge in [-0.1, -0.05) is 39.2 Å². The minimum absolute atomic E-state index is 0.103. The number of carbonyl (C=O) groups excluding carboxylic acids is 1. The molecule has 1 aromatic carbocycles. The third kappa shape index (κ3) is 5.74. The van der Waals surface area contributed by atoms with E-state index in [1.54, 1.807) is 12.1 Å². The van der Waals surface area contributed by atoms with E-state index in [9.17, 15) is 9.18 Å². The number of rotatable bonds is 9. The van der Waals surface area contributed by atoms with Crippen LogP contribution < -0.4 is 10.6 Å². The summed E-state index contributed by atoms with van der Waals surface area (Å²) in [5, 5.41) is 5.96. The van der Waals surface area contributed by atoms with Gasteiger partial charge in [-0.25, -0.2) is 4.39 Å². The van der Waals surface area contributed by atoms with Crippen molar-refractivity contribution in [2.45, 2.75) is 58.9 Å². The van der Waals surface area contributed by atoms with E-state index in [2.05, 4.69) is 17.6 Å². The zero-order chi connectivity index (χ0) is 15.7. The monoisotopic (exact) mass is 294 g/mol. The van der Waals surface area contributed by atoms with Crippen molar-refractivity contribution in [1.29, 1.82) is 0 Å². The van der Waals surface area contributed by atoms with Gasteiger partial charge in [0.15, 0.2) is 0 Å². The van der Waals surface area contributed by atoms with E-state index >= 15 is 0 Å². The molecule has 4 heteroatoms. The molecule has 1 amide bonds. The maximum absolute atomic E-state index is 13.9. The van der Waals surface area contributed by atoms with Gasteiger partial charge in [0, 0.05) is 12.6 Å². The standard InChI is InChI=1S/C17H27FN2O/c1-4-6-7-9-13(3)20-17(21)14-10-8-11-15(18)16(14)19-12-5-2/h8,10-11,13,19H,4-7,9,12H2,1-3H3,(H,20,21). The lowest BCUT2D eigenvalue weighted by Crippen LogP contribution is -2.33. The van der Waals surface area contributed by atoms with Crippen LogP contribution in [0.25, 0.3) is 0 Å². The molecule has 0 saturated heterocycles. The molecule has 0 saturated carbocycles. The molecule has 3 nitrogen and oxygen atoms in total. The number of anilines is 1. The number of nitrogens with one attached hydrogen (secondary N) is 2. The predicted molar refractivity (Wildman–Crippen MR) is 86.3 cm³/mol. The summed E-state index contributed by atoms with van der Waals surface area (Å²) < 4.78 is 13.9. The molecule has 0 aliphatic carbocycles. The number of hydrogen-bond donors (Lipinski definition) is 2. The largest absolute Gasteiger partial charge is 0.382 e. The summed E-state index contributed by atoms with van der Waals surface area (Å²) in [7, 11) is 0. The Kier molecular flexibility index (Phi) is 7.80. The van der Waals surface area contributed by atoms with Gasteiger partial charge in [-0.15, -0.1) is 0 Å². The summed E-state index contributed by atoms with van der Waals surface area (Å²) in [5.41, 5.74) is 0.684. The first-order valence-electron chi connectivity index (χ1n) is 7.93. The molecular formula is C17H27FN2O. The molecule has 0 aromatic heterocycles. The van der Waals surface area contributed by atoms with Crippen molar-refractivity contribution in [3.05, 3.63) is 29.6 Å². The van der Waals surface area contributed by atoms with Crippen LogP contribution in [0.2, 0.25) is 0 Å². The van der Waals surface area contributed by atoms with Gasteiger partial charge in [-0.3, -0.25) is 4.79 Å². The predicted octanol–water partition coefficient (Wildman–Crippen LogP) is 4.35. The minimum atomic E-state index is -0.380. The number of para-hydroxylation sites is 1. The van der Waals surface area contributed by atoms with Crippen molar-refractivity contribution in [3.63, 3.8) is 0 Å². The highest BCUT2D eigenvalue weighted by atomic mass is 19.1. The van der Waals surface area contributed by atoms with Crippen LogP contribution in [0, 0.1) is 5.82 Å². The molecular weight excluding hydrogens is 267 g/mol. The smallest absolute Gasteiger partial charge is 0.253 e. The van der Waals surface area contributed by atoms with Gasteiger partial charge >= 0.3 is 0 Å². The Morgan fingerprint density at radius 1 is 1.24 bits per heavy atom. The lowest BCUT2D eigenvalue weighted by Gasteiger charge is -2.16. The van der Waals surface area contributed by atoms with E-state index < -0.39 is 0 Å². The molecule has 0 aliphatic rings. The number of benzene rings is 1. The van der Waals surface area contributed by atoms with Crippen LogP contribution >= 0.6 is 0 Å². The zero-order valence-electron chi connectivity index (χ0n) is 13.3. The van der Waals surface area contributed by atoms with Crippen LogP contribution in [0.15, 0.2) is 18.2 Å². The van der Waals surface area contributed by atoms with Crippen molar-refractivity contribution >= 4 is 11.6 Å². The molecule has 1 unspecified atom stereocenters. The fourth-order valence-electron chi connectivity index (χ4n) is 2.22. The third-order valence-corrected chi connectivity index (χ3v) is 3.43. The summed E-state index contributed by atoms with van der Waals surface area (Å²) in [6.07, 6.45) is 5.26. The van der Waals surface area contributed by atoms with Gasteiger partial charge in [-0.2, -0.15) is 0 Å². The Balaban J connectivity index is 2.70. The average Bonchev–Trinajstić information content (AvgIpc) is 2.46. The number of unbranched alkanes of at least 4 members (excludes halogenated alkanes) is 2. The Morgan fingerprint density at radius 3 is 2.67 bits per heavy atom. The van der Waals surface area contributed by atoms with Crippen LogP contribution in [-0.4, -0.2) is 18.5 Å². The highest BCUT2D eigenvalue weighted by Crippen LogP contribution is 2.20. The van der Waals surface area contributed by atoms with Gasteiger partial charge in [0.05, 0.1) is 11.3 Å². The molecule has 0 aliphatic heterocycles. The Morgan fingerprint density at radius 2 is 2.00 bits per heavy atom. The lowest BCUT2D eigenvalue weighted by molar-refractivity contribution is 0.0938. The Labute approximate surface area is 127 Å². The molecule has 1 aromatic rings. The van der Waals surface area contributed by atoms with Gasteiger partial charge in [0.25, 0.3) is 5.91 Å². The Bertz CT molecular complexity index is 448. The second kappa shape index (κ2) is 9.37. The van der Waals surface area contributed by atoms with E-state index in [0.717, 1.165) is 25.7 Å². The number of halogens is 1. The van der Waals surface area contributed by atoms with E-state index in [-0.39, 0.29) is 17.8 Å². The third-order valence-electron chi connectivity index (χ3n) is 3.43. The molecule has 1 rings (SSSR count). The molecule has 21 heavy (non-hydrogen) atoms. The zero-order valence-corrected chi connectivity index (χ0v) is 13.3. The minimum Gasteiger partial charge on any atom is -0.382 e. The van der Waals surface area contributed by atoms with Crippen LogP contribution in [0.1, 0.15) is 63.2 Å². The van der Waals surface area contributed by atoms with Crippen LogP contribution in [0.4, 0.5) is 10.1 Å². The fraction of sp³-hybridized carbons (Fsp3) is 0.588. The summed E-state index contributed by atoms with van der Waals surface area (Å²) >= 11 is 0. The number of amides is 1. The molecule has 1 atom stereocenters. The molecule has 0 fully saturated rings.